The van der Waals surface area contributed by atoms with Gasteiger partial charge in [0.25, 0.3) is 0 Å². The van der Waals surface area contributed by atoms with Crippen molar-refractivity contribution in [1.82, 2.24) is 4.90 Å². The number of hydrogen-bond donors (Lipinski definition) is 0. The first-order valence-electron chi connectivity index (χ1n) is 4.55. The molecule has 0 radical (unpaired) electrons. The number of hydrogen-bond acceptors (Lipinski definition) is 1. The molecule has 0 unspecified atom stereocenters. The van der Waals surface area contributed by atoms with Gasteiger partial charge in [0.05, 0.1) is 0 Å². The molecule has 1 aliphatic carbocycles. The monoisotopic (exact) mass is 141 g/mol. The van der Waals surface area contributed by atoms with Gasteiger partial charge >= 0.3 is 0 Å². The second kappa shape index (κ2) is 3.97. The molecule has 0 atom stereocenters. The Morgan fingerprint density at radius 2 is 2.00 bits per heavy atom. The summed E-state index contributed by atoms with van der Waals surface area (Å²) in [6.45, 7) is 3.58. The maximum Gasteiger partial charge on any atom is 0.00933 e. The van der Waals surface area contributed by atoms with E-state index in [-0.39, 0.29) is 0 Å². The average Bonchev–Trinajstić information content (AvgIpc) is 2.69. The van der Waals surface area contributed by atoms with Crippen molar-refractivity contribution in [3.63, 3.8) is 0 Å². The van der Waals surface area contributed by atoms with Crippen molar-refractivity contribution >= 4 is 0 Å². The molecule has 1 nitrogen and oxygen atoms in total. The Morgan fingerprint density at radius 3 is 2.50 bits per heavy atom. The zero-order valence-electron chi connectivity index (χ0n) is 7.27. The first-order chi connectivity index (χ1) is 4.84. The van der Waals surface area contributed by atoms with Gasteiger partial charge in [-0.1, -0.05) is 19.8 Å². The van der Waals surface area contributed by atoms with Crippen molar-refractivity contribution in [2.24, 2.45) is 0 Å². The van der Waals surface area contributed by atoms with Gasteiger partial charge in [0.2, 0.25) is 0 Å². The van der Waals surface area contributed by atoms with E-state index in [0.29, 0.717) is 0 Å². The molecule has 0 bridgehead atoms. The van der Waals surface area contributed by atoms with E-state index >= 15 is 0 Å². The first kappa shape index (κ1) is 8.06. The van der Waals surface area contributed by atoms with Crippen LogP contribution in [0.1, 0.15) is 39.0 Å². The third-order valence-electron chi connectivity index (χ3n) is 2.28. The predicted octanol–water partition coefficient (Wildman–Crippen LogP) is 2.27. The fourth-order valence-corrected chi connectivity index (χ4v) is 1.31. The van der Waals surface area contributed by atoms with Crippen molar-refractivity contribution in [3.8, 4) is 0 Å². The number of unbranched alkanes of at least 4 members (excludes halogenated alkanes) is 2. The van der Waals surface area contributed by atoms with Crippen LogP contribution >= 0.6 is 0 Å². The van der Waals surface area contributed by atoms with Crippen LogP contribution in [0.4, 0.5) is 0 Å². The molecule has 1 saturated carbocycles. The molecule has 0 aromatic heterocycles. The van der Waals surface area contributed by atoms with Gasteiger partial charge in [-0.2, -0.15) is 0 Å². The van der Waals surface area contributed by atoms with Gasteiger partial charge in [-0.25, -0.2) is 0 Å². The third-order valence-corrected chi connectivity index (χ3v) is 2.28. The van der Waals surface area contributed by atoms with E-state index in [4.69, 9.17) is 0 Å². The lowest BCUT2D eigenvalue weighted by Gasteiger charge is -2.14. The summed E-state index contributed by atoms with van der Waals surface area (Å²) in [6.07, 6.45) is 7.03. The van der Waals surface area contributed by atoms with Crippen molar-refractivity contribution < 1.29 is 0 Å². The molecule has 0 N–H and O–H groups in total. The van der Waals surface area contributed by atoms with Gasteiger partial charge in [0.15, 0.2) is 0 Å². The van der Waals surface area contributed by atoms with Gasteiger partial charge in [0, 0.05) is 6.04 Å². The Morgan fingerprint density at radius 1 is 1.30 bits per heavy atom. The van der Waals surface area contributed by atoms with Crippen LogP contribution in [0.3, 0.4) is 0 Å². The molecule has 1 fully saturated rings. The van der Waals surface area contributed by atoms with Crippen LogP contribution in [0.25, 0.3) is 0 Å². The van der Waals surface area contributed by atoms with E-state index in [9.17, 15) is 0 Å². The second-order valence-electron chi connectivity index (χ2n) is 3.42. The van der Waals surface area contributed by atoms with Gasteiger partial charge in [0.1, 0.15) is 0 Å². The molecule has 1 aliphatic rings. The normalized spacial score (nSPS) is 18.3. The first-order valence-corrected chi connectivity index (χ1v) is 4.55. The number of rotatable bonds is 5. The summed E-state index contributed by atoms with van der Waals surface area (Å²) in [5.74, 6) is 0. The maximum atomic E-state index is 2.51. The van der Waals surface area contributed by atoms with Crippen LogP contribution in [0.5, 0.6) is 0 Å². The smallest absolute Gasteiger partial charge is 0.00933 e. The van der Waals surface area contributed by atoms with E-state index in [1.54, 1.807) is 0 Å². The number of nitrogens with zero attached hydrogens (tertiary/aromatic N) is 1. The molecular weight excluding hydrogens is 122 g/mol. The van der Waals surface area contributed by atoms with E-state index < -0.39 is 0 Å². The molecule has 0 aromatic carbocycles. The molecular formula is C9H19N. The van der Waals surface area contributed by atoms with Crippen molar-refractivity contribution in [1.29, 1.82) is 0 Å². The lowest BCUT2D eigenvalue weighted by atomic mass is 10.2. The molecule has 60 valence electrons. The Balaban J connectivity index is 1.90. The molecule has 10 heavy (non-hydrogen) atoms. The van der Waals surface area contributed by atoms with Crippen LogP contribution in [0.15, 0.2) is 0 Å². The zero-order valence-corrected chi connectivity index (χ0v) is 7.27. The molecule has 1 heteroatoms. The zero-order chi connectivity index (χ0) is 7.40. The molecule has 0 spiro atoms. The van der Waals surface area contributed by atoms with Gasteiger partial charge in [-0.15, -0.1) is 0 Å². The SMILES string of the molecule is CCCCCN(C)C1CC1. The van der Waals surface area contributed by atoms with Crippen LogP contribution < -0.4 is 0 Å². The molecule has 0 saturated heterocycles. The second-order valence-corrected chi connectivity index (χ2v) is 3.42. The quantitative estimate of drug-likeness (QED) is 0.531. The third kappa shape index (κ3) is 2.70. The van der Waals surface area contributed by atoms with E-state index in [0.717, 1.165) is 6.04 Å². The van der Waals surface area contributed by atoms with Crippen molar-refractivity contribution in [2.75, 3.05) is 13.6 Å². The summed E-state index contributed by atoms with van der Waals surface area (Å²) < 4.78 is 0. The van der Waals surface area contributed by atoms with Gasteiger partial charge in [-0.05, 0) is 32.9 Å². The molecule has 0 amide bonds. The fraction of sp³-hybridized carbons (Fsp3) is 1.00. The summed E-state index contributed by atoms with van der Waals surface area (Å²) >= 11 is 0. The minimum Gasteiger partial charge on any atom is -0.303 e. The lowest BCUT2D eigenvalue weighted by molar-refractivity contribution is 0.316. The Hall–Kier alpha value is -0.0400. The Bertz CT molecular complexity index is 86.7. The summed E-state index contributed by atoms with van der Waals surface area (Å²) in [6, 6.07) is 0.955. The molecule has 0 heterocycles. The Labute approximate surface area is 64.4 Å². The minimum atomic E-state index is 0.955. The van der Waals surface area contributed by atoms with Crippen LogP contribution in [-0.4, -0.2) is 24.5 Å². The largest absolute Gasteiger partial charge is 0.303 e. The summed E-state index contributed by atoms with van der Waals surface area (Å²) in [5, 5.41) is 0. The standard InChI is InChI=1S/C9H19N/c1-3-4-5-8-10(2)9-6-7-9/h9H,3-8H2,1-2H3. The summed E-state index contributed by atoms with van der Waals surface area (Å²) in [7, 11) is 2.26. The molecule has 0 aromatic rings. The molecule has 0 aliphatic heterocycles. The Kier molecular flexibility index (Phi) is 3.20. The van der Waals surface area contributed by atoms with Crippen LogP contribution in [0.2, 0.25) is 0 Å². The van der Waals surface area contributed by atoms with Crippen molar-refractivity contribution in [2.45, 2.75) is 45.1 Å². The van der Waals surface area contributed by atoms with Gasteiger partial charge < -0.3 is 4.90 Å². The summed E-state index contributed by atoms with van der Waals surface area (Å²) in [5.41, 5.74) is 0. The highest BCUT2D eigenvalue weighted by Crippen LogP contribution is 2.25. The van der Waals surface area contributed by atoms with Crippen LogP contribution in [-0.2, 0) is 0 Å². The fourth-order valence-electron chi connectivity index (χ4n) is 1.31. The highest BCUT2D eigenvalue weighted by molar-refractivity contribution is 4.81. The highest BCUT2D eigenvalue weighted by Gasteiger charge is 2.24. The minimum absolute atomic E-state index is 0.955. The molecule has 1 rings (SSSR count). The average molecular weight is 141 g/mol. The van der Waals surface area contributed by atoms with Crippen molar-refractivity contribution in [3.05, 3.63) is 0 Å². The van der Waals surface area contributed by atoms with Crippen LogP contribution in [0, 0.1) is 0 Å². The lowest BCUT2D eigenvalue weighted by Crippen LogP contribution is -2.21. The van der Waals surface area contributed by atoms with E-state index in [1.165, 1.54) is 38.6 Å². The van der Waals surface area contributed by atoms with E-state index in [2.05, 4.69) is 18.9 Å². The van der Waals surface area contributed by atoms with E-state index in [1.807, 2.05) is 0 Å². The maximum absolute atomic E-state index is 2.51. The topological polar surface area (TPSA) is 3.24 Å². The summed E-state index contributed by atoms with van der Waals surface area (Å²) in [4.78, 5) is 2.51. The predicted molar refractivity (Wildman–Crippen MR) is 45.2 cm³/mol. The van der Waals surface area contributed by atoms with Gasteiger partial charge in [-0.3, -0.25) is 0 Å². The highest BCUT2D eigenvalue weighted by atomic mass is 15.1.